The van der Waals surface area contributed by atoms with Crippen molar-refractivity contribution in [2.24, 2.45) is 0 Å². The Morgan fingerprint density at radius 3 is 2.52 bits per heavy atom. The number of Topliss-reactive ketones (excluding diaryl/α,β-unsaturated/α-hetero) is 1. The largest absolute Gasteiger partial charge is 0.507 e. The highest BCUT2D eigenvalue weighted by atomic mass is 16.7. The van der Waals surface area contributed by atoms with Crippen LogP contribution in [0.4, 0.5) is 0 Å². The predicted molar refractivity (Wildman–Crippen MR) is 113 cm³/mol. The quantitative estimate of drug-likeness (QED) is 0.433. The SMILES string of the molecule is COc1ccc(C2/C(=C(\O)c3ccc4c(c3)OCO4)C(=O)C(=O)N2CCN(C)C)cc1. The molecule has 31 heavy (non-hydrogen) atoms. The molecule has 162 valence electrons. The molecule has 0 aliphatic carbocycles. The van der Waals surface area contributed by atoms with Gasteiger partial charge in [-0.1, -0.05) is 12.1 Å². The van der Waals surface area contributed by atoms with Crippen molar-refractivity contribution in [3.8, 4) is 17.2 Å². The van der Waals surface area contributed by atoms with E-state index in [2.05, 4.69) is 0 Å². The van der Waals surface area contributed by atoms with Gasteiger partial charge in [0.2, 0.25) is 6.79 Å². The zero-order chi connectivity index (χ0) is 22.1. The predicted octanol–water partition coefficient (Wildman–Crippen LogP) is 2.41. The second-order valence-corrected chi connectivity index (χ2v) is 7.64. The molecule has 1 saturated heterocycles. The van der Waals surface area contributed by atoms with Gasteiger partial charge in [0.25, 0.3) is 11.7 Å². The second kappa shape index (κ2) is 8.31. The van der Waals surface area contributed by atoms with Crippen molar-refractivity contribution in [3.05, 3.63) is 59.2 Å². The summed E-state index contributed by atoms with van der Waals surface area (Å²) in [5, 5.41) is 11.1. The van der Waals surface area contributed by atoms with Gasteiger partial charge in [-0.05, 0) is 50.0 Å². The molecule has 0 saturated carbocycles. The normalized spacial score (nSPS) is 19.4. The van der Waals surface area contributed by atoms with Gasteiger partial charge in [-0.2, -0.15) is 0 Å². The lowest BCUT2D eigenvalue weighted by Crippen LogP contribution is -2.35. The summed E-state index contributed by atoms with van der Waals surface area (Å²) in [4.78, 5) is 29.3. The Morgan fingerprint density at radius 2 is 1.84 bits per heavy atom. The number of ether oxygens (including phenoxy) is 3. The number of benzene rings is 2. The first kappa shape index (κ1) is 20.7. The first-order valence-electron chi connectivity index (χ1n) is 9.88. The second-order valence-electron chi connectivity index (χ2n) is 7.64. The van der Waals surface area contributed by atoms with Crippen molar-refractivity contribution in [1.29, 1.82) is 0 Å². The van der Waals surface area contributed by atoms with Crippen LogP contribution < -0.4 is 14.2 Å². The molecule has 2 aromatic rings. The van der Waals surface area contributed by atoms with E-state index >= 15 is 0 Å². The van der Waals surface area contributed by atoms with Crippen LogP contribution in [0.5, 0.6) is 17.2 Å². The maximum atomic E-state index is 13.0. The summed E-state index contributed by atoms with van der Waals surface area (Å²) in [6.07, 6.45) is 0. The molecule has 1 amide bonds. The maximum absolute atomic E-state index is 13.0. The Morgan fingerprint density at radius 1 is 1.13 bits per heavy atom. The third-order valence-electron chi connectivity index (χ3n) is 5.41. The first-order chi connectivity index (χ1) is 14.9. The van der Waals surface area contributed by atoms with Crippen LogP contribution in [-0.4, -0.2) is 67.7 Å². The minimum Gasteiger partial charge on any atom is -0.507 e. The number of likely N-dealkylation sites (tertiary alicyclic amines) is 1. The van der Waals surface area contributed by atoms with E-state index in [0.717, 1.165) is 0 Å². The van der Waals surface area contributed by atoms with Gasteiger partial charge in [-0.25, -0.2) is 0 Å². The average Bonchev–Trinajstić information content (AvgIpc) is 3.34. The standard InChI is InChI=1S/C23H24N2O6/c1-24(2)10-11-25-20(14-4-7-16(29-3)8-5-14)19(22(27)23(25)28)21(26)15-6-9-17-18(12-15)31-13-30-17/h4-9,12,20,26H,10-11,13H2,1-3H3/b21-19+. The highest BCUT2D eigenvalue weighted by molar-refractivity contribution is 6.46. The van der Waals surface area contributed by atoms with Crippen LogP contribution in [0, 0.1) is 0 Å². The number of rotatable bonds is 6. The molecule has 8 nitrogen and oxygen atoms in total. The Kier molecular flexibility index (Phi) is 5.56. The number of methoxy groups -OCH3 is 1. The van der Waals surface area contributed by atoms with E-state index in [4.69, 9.17) is 14.2 Å². The number of nitrogens with zero attached hydrogens (tertiary/aromatic N) is 2. The highest BCUT2D eigenvalue weighted by Crippen LogP contribution is 2.41. The summed E-state index contributed by atoms with van der Waals surface area (Å²) in [5.41, 5.74) is 1.14. The van der Waals surface area contributed by atoms with Crippen molar-refractivity contribution >= 4 is 17.4 Å². The molecule has 2 aliphatic heterocycles. The van der Waals surface area contributed by atoms with Crippen LogP contribution in [-0.2, 0) is 9.59 Å². The van der Waals surface area contributed by atoms with Gasteiger partial charge >= 0.3 is 0 Å². The van der Waals surface area contributed by atoms with E-state index in [1.807, 2.05) is 19.0 Å². The van der Waals surface area contributed by atoms with E-state index in [1.54, 1.807) is 49.6 Å². The lowest BCUT2D eigenvalue weighted by molar-refractivity contribution is -0.140. The number of amides is 1. The summed E-state index contributed by atoms with van der Waals surface area (Å²) in [5.74, 6) is 0.107. The summed E-state index contributed by atoms with van der Waals surface area (Å²) in [6, 6.07) is 11.3. The zero-order valence-corrected chi connectivity index (χ0v) is 17.6. The fourth-order valence-electron chi connectivity index (χ4n) is 3.75. The molecule has 1 unspecified atom stereocenters. The van der Waals surface area contributed by atoms with Crippen molar-refractivity contribution < 1.29 is 28.9 Å². The summed E-state index contributed by atoms with van der Waals surface area (Å²) >= 11 is 0. The van der Waals surface area contributed by atoms with Crippen LogP contribution in [0.15, 0.2) is 48.0 Å². The minimum absolute atomic E-state index is 0.0489. The molecule has 2 aliphatic rings. The molecular formula is C23H24N2O6. The van der Waals surface area contributed by atoms with Gasteiger partial charge in [0.15, 0.2) is 11.5 Å². The number of hydrogen-bond donors (Lipinski definition) is 1. The molecular weight excluding hydrogens is 400 g/mol. The van der Waals surface area contributed by atoms with Crippen LogP contribution in [0.1, 0.15) is 17.2 Å². The molecule has 4 rings (SSSR count). The van der Waals surface area contributed by atoms with E-state index in [0.29, 0.717) is 41.5 Å². The van der Waals surface area contributed by atoms with Crippen molar-refractivity contribution in [3.63, 3.8) is 0 Å². The Bertz CT molecular complexity index is 1040. The average molecular weight is 424 g/mol. The molecule has 2 aromatic carbocycles. The topological polar surface area (TPSA) is 88.5 Å². The van der Waals surface area contributed by atoms with Gasteiger partial charge in [-0.15, -0.1) is 0 Å². The van der Waals surface area contributed by atoms with E-state index in [-0.39, 0.29) is 18.1 Å². The molecule has 0 bridgehead atoms. The number of aliphatic hydroxyl groups is 1. The third kappa shape index (κ3) is 3.82. The number of carbonyl (C=O) groups excluding carboxylic acids is 2. The molecule has 1 N–H and O–H groups in total. The van der Waals surface area contributed by atoms with Gasteiger partial charge < -0.3 is 29.1 Å². The fourth-order valence-corrected chi connectivity index (χ4v) is 3.75. The number of carbonyl (C=O) groups is 2. The van der Waals surface area contributed by atoms with E-state index < -0.39 is 17.7 Å². The van der Waals surface area contributed by atoms with Gasteiger partial charge in [-0.3, -0.25) is 9.59 Å². The lowest BCUT2D eigenvalue weighted by atomic mass is 9.95. The number of aliphatic hydroxyl groups excluding tert-OH is 1. The van der Waals surface area contributed by atoms with Crippen LogP contribution >= 0.6 is 0 Å². The molecule has 2 heterocycles. The Hall–Kier alpha value is -3.52. The summed E-state index contributed by atoms with van der Waals surface area (Å²) < 4.78 is 15.9. The van der Waals surface area contributed by atoms with Crippen LogP contribution in [0.25, 0.3) is 5.76 Å². The monoisotopic (exact) mass is 424 g/mol. The highest BCUT2D eigenvalue weighted by Gasteiger charge is 2.46. The summed E-state index contributed by atoms with van der Waals surface area (Å²) in [7, 11) is 5.36. The molecule has 0 aromatic heterocycles. The molecule has 8 heteroatoms. The number of hydrogen-bond acceptors (Lipinski definition) is 7. The molecule has 1 fully saturated rings. The van der Waals surface area contributed by atoms with E-state index in [1.165, 1.54) is 4.90 Å². The number of ketones is 1. The molecule has 0 spiro atoms. The van der Waals surface area contributed by atoms with Crippen molar-refractivity contribution in [2.75, 3.05) is 41.1 Å². The Labute approximate surface area is 180 Å². The minimum atomic E-state index is -0.713. The number of fused-ring (bicyclic) bond motifs is 1. The van der Waals surface area contributed by atoms with Gasteiger partial charge in [0.1, 0.15) is 11.5 Å². The molecule has 0 radical (unpaired) electrons. The van der Waals surface area contributed by atoms with Gasteiger partial charge in [0, 0.05) is 18.7 Å². The number of likely N-dealkylation sites (N-methyl/N-ethyl adjacent to an activating group) is 1. The van der Waals surface area contributed by atoms with E-state index in [9.17, 15) is 14.7 Å². The first-order valence-corrected chi connectivity index (χ1v) is 9.88. The zero-order valence-electron chi connectivity index (χ0n) is 17.6. The van der Waals surface area contributed by atoms with Crippen LogP contribution in [0.2, 0.25) is 0 Å². The Balaban J connectivity index is 1.81. The smallest absolute Gasteiger partial charge is 0.295 e. The maximum Gasteiger partial charge on any atom is 0.295 e. The summed E-state index contributed by atoms with van der Waals surface area (Å²) in [6.45, 7) is 1.01. The van der Waals surface area contributed by atoms with Crippen molar-refractivity contribution in [2.45, 2.75) is 6.04 Å². The lowest BCUT2D eigenvalue weighted by Gasteiger charge is -2.26. The van der Waals surface area contributed by atoms with Crippen molar-refractivity contribution in [1.82, 2.24) is 9.80 Å². The van der Waals surface area contributed by atoms with Gasteiger partial charge in [0.05, 0.1) is 18.7 Å². The van der Waals surface area contributed by atoms with Crippen LogP contribution in [0.3, 0.4) is 0 Å². The molecule has 1 atom stereocenters. The fraction of sp³-hybridized carbons (Fsp3) is 0.304. The third-order valence-corrected chi connectivity index (χ3v) is 5.41.